The molecule has 2 fully saturated rings. The van der Waals surface area contributed by atoms with Crippen LogP contribution in [0.5, 0.6) is 0 Å². The number of nitrogens with zero attached hydrogens (tertiary/aromatic N) is 3. The van der Waals surface area contributed by atoms with Gasteiger partial charge in [-0.25, -0.2) is 4.79 Å². The van der Waals surface area contributed by atoms with Crippen LogP contribution in [0.15, 0.2) is 24.3 Å². The maximum Gasteiger partial charge on any atom is 0.416 e. The zero-order chi connectivity index (χ0) is 22.4. The molecule has 1 atom stereocenters. The van der Waals surface area contributed by atoms with Crippen molar-refractivity contribution in [1.29, 1.82) is 0 Å². The molecule has 2 aliphatic rings. The summed E-state index contributed by atoms with van der Waals surface area (Å²) in [6, 6.07) is 4.39. The number of likely N-dealkylation sites (tertiary alicyclic amines) is 1. The zero-order valence-electron chi connectivity index (χ0n) is 17.6. The second-order valence-electron chi connectivity index (χ2n) is 8.38. The Morgan fingerprint density at radius 3 is 2.52 bits per heavy atom. The van der Waals surface area contributed by atoms with Gasteiger partial charge in [-0.2, -0.15) is 13.2 Å². The van der Waals surface area contributed by atoms with Crippen molar-refractivity contribution in [3.63, 3.8) is 0 Å². The molecule has 9 heteroatoms. The van der Waals surface area contributed by atoms with Crippen LogP contribution in [-0.2, 0) is 17.4 Å². The highest BCUT2D eigenvalue weighted by Crippen LogP contribution is 2.30. The van der Waals surface area contributed by atoms with Crippen LogP contribution in [-0.4, -0.2) is 77.1 Å². The fraction of sp³-hybridized carbons (Fsp3) is 0.636. The lowest BCUT2D eigenvalue weighted by molar-refractivity contribution is -0.137. The minimum atomic E-state index is -4.46. The van der Waals surface area contributed by atoms with Crippen molar-refractivity contribution in [3.8, 4) is 0 Å². The average Bonchev–Trinajstić information content (AvgIpc) is 2.87. The Kier molecular flexibility index (Phi) is 7.80. The number of piperidine rings is 1. The van der Waals surface area contributed by atoms with Gasteiger partial charge in [0.2, 0.25) is 5.91 Å². The molecule has 3 rings (SSSR count). The van der Waals surface area contributed by atoms with E-state index in [1.54, 1.807) is 11.0 Å². The molecule has 1 N–H and O–H groups in total. The highest BCUT2D eigenvalue weighted by molar-refractivity contribution is 5.78. The second kappa shape index (κ2) is 10.3. The van der Waals surface area contributed by atoms with Gasteiger partial charge >= 0.3 is 12.3 Å². The lowest BCUT2D eigenvalue weighted by atomic mass is 10.0. The number of carbonyl (C=O) groups excluding carboxylic acids is 1. The minimum Gasteiger partial charge on any atom is -0.465 e. The van der Waals surface area contributed by atoms with Crippen LogP contribution in [0, 0.1) is 0 Å². The summed E-state index contributed by atoms with van der Waals surface area (Å²) in [7, 11) is 0. The van der Waals surface area contributed by atoms with Crippen LogP contribution < -0.4 is 0 Å². The highest BCUT2D eigenvalue weighted by atomic mass is 19.4. The van der Waals surface area contributed by atoms with Crippen molar-refractivity contribution in [2.24, 2.45) is 0 Å². The van der Waals surface area contributed by atoms with Gasteiger partial charge in [0.05, 0.1) is 11.6 Å². The maximum atomic E-state index is 13.1. The third kappa shape index (κ3) is 6.59. The molecule has 31 heavy (non-hydrogen) atoms. The van der Waals surface area contributed by atoms with Crippen molar-refractivity contribution >= 4 is 12.0 Å². The molecule has 0 unspecified atom stereocenters. The van der Waals surface area contributed by atoms with Crippen LogP contribution in [0.2, 0.25) is 0 Å². The first kappa shape index (κ1) is 23.4. The standard InChI is InChI=1S/C22H30F3N3O3/c23-22(24,25)18-7-4-6-17(14-18)15-19-16-27(20(29)8-13-28(19)21(30)31)12-5-11-26-9-2-1-3-10-26/h4,6-7,14,19H,1-3,5,8-13,15-16H2,(H,30,31)/t19-/m1/s1. The van der Waals surface area contributed by atoms with Gasteiger partial charge in [-0.1, -0.05) is 24.6 Å². The Morgan fingerprint density at radius 2 is 1.84 bits per heavy atom. The molecule has 172 valence electrons. The van der Waals surface area contributed by atoms with E-state index in [-0.39, 0.29) is 31.8 Å². The van der Waals surface area contributed by atoms with E-state index in [4.69, 9.17) is 0 Å². The number of carbonyl (C=O) groups is 2. The molecule has 0 saturated carbocycles. The van der Waals surface area contributed by atoms with E-state index < -0.39 is 23.9 Å². The minimum absolute atomic E-state index is 0.0560. The third-order valence-corrected chi connectivity index (χ3v) is 6.11. The van der Waals surface area contributed by atoms with Gasteiger partial charge in [0.15, 0.2) is 0 Å². The van der Waals surface area contributed by atoms with E-state index in [1.807, 2.05) is 0 Å². The first-order valence-electron chi connectivity index (χ1n) is 10.9. The van der Waals surface area contributed by atoms with Crippen molar-refractivity contribution in [3.05, 3.63) is 35.4 Å². The summed E-state index contributed by atoms with van der Waals surface area (Å²) in [5.74, 6) is -0.101. The molecular weight excluding hydrogens is 411 g/mol. The van der Waals surface area contributed by atoms with Crippen molar-refractivity contribution in [2.75, 3.05) is 39.3 Å². The van der Waals surface area contributed by atoms with E-state index >= 15 is 0 Å². The first-order valence-corrected chi connectivity index (χ1v) is 10.9. The summed E-state index contributed by atoms with van der Waals surface area (Å²) in [6.45, 7) is 3.81. The predicted octanol–water partition coefficient (Wildman–Crippen LogP) is 3.70. The molecule has 0 spiro atoms. The number of carboxylic acid groups (broad SMARTS) is 1. The maximum absolute atomic E-state index is 13.1. The molecule has 2 saturated heterocycles. The molecule has 0 aliphatic carbocycles. The summed E-state index contributed by atoms with van der Waals surface area (Å²) in [6.07, 6.45) is -0.952. The predicted molar refractivity (Wildman–Crippen MR) is 110 cm³/mol. The summed E-state index contributed by atoms with van der Waals surface area (Å²) in [5.41, 5.74) is -0.344. The lowest BCUT2D eigenvalue weighted by Crippen LogP contribution is -2.46. The number of amides is 2. The second-order valence-corrected chi connectivity index (χ2v) is 8.38. The smallest absolute Gasteiger partial charge is 0.416 e. The number of hydrogen-bond acceptors (Lipinski definition) is 3. The van der Waals surface area contributed by atoms with Crippen LogP contribution in [0.25, 0.3) is 0 Å². The largest absolute Gasteiger partial charge is 0.465 e. The number of hydrogen-bond donors (Lipinski definition) is 1. The Bertz CT molecular complexity index is 766. The van der Waals surface area contributed by atoms with E-state index in [1.165, 1.54) is 30.2 Å². The zero-order valence-corrected chi connectivity index (χ0v) is 17.6. The summed E-state index contributed by atoms with van der Waals surface area (Å²) in [4.78, 5) is 29.6. The number of rotatable bonds is 6. The Balaban J connectivity index is 1.68. The molecule has 2 amide bonds. The van der Waals surface area contributed by atoms with Crippen LogP contribution in [0.1, 0.15) is 43.2 Å². The molecule has 6 nitrogen and oxygen atoms in total. The highest BCUT2D eigenvalue weighted by Gasteiger charge is 2.33. The summed E-state index contributed by atoms with van der Waals surface area (Å²) < 4.78 is 39.2. The van der Waals surface area contributed by atoms with Crippen LogP contribution >= 0.6 is 0 Å². The molecule has 1 aromatic carbocycles. The Morgan fingerprint density at radius 1 is 1.10 bits per heavy atom. The van der Waals surface area contributed by atoms with Gasteiger partial charge in [0.1, 0.15) is 0 Å². The molecule has 0 bridgehead atoms. The van der Waals surface area contributed by atoms with Crippen molar-refractivity contribution < 1.29 is 27.9 Å². The SMILES string of the molecule is O=C1CCN(C(=O)O)[C@H](Cc2cccc(C(F)(F)F)c2)CN1CCCN1CCCCC1. The normalized spacial score (nSPS) is 21.3. The monoisotopic (exact) mass is 441 g/mol. The van der Waals surface area contributed by atoms with Crippen molar-refractivity contribution in [1.82, 2.24) is 14.7 Å². The van der Waals surface area contributed by atoms with Gasteiger partial charge in [-0.15, -0.1) is 0 Å². The third-order valence-electron chi connectivity index (χ3n) is 6.11. The number of alkyl halides is 3. The average molecular weight is 441 g/mol. The summed E-state index contributed by atoms with van der Waals surface area (Å²) in [5, 5.41) is 9.62. The molecule has 0 aromatic heterocycles. The number of benzene rings is 1. The fourth-order valence-corrected chi connectivity index (χ4v) is 4.47. The molecule has 2 heterocycles. The van der Waals surface area contributed by atoms with Gasteiger partial charge < -0.3 is 19.8 Å². The molecular formula is C22H30F3N3O3. The van der Waals surface area contributed by atoms with Crippen LogP contribution in [0.4, 0.5) is 18.0 Å². The van der Waals surface area contributed by atoms with Crippen molar-refractivity contribution in [2.45, 2.75) is 50.7 Å². The molecule has 0 radical (unpaired) electrons. The Hall–Kier alpha value is -2.29. The Labute approximate surface area is 180 Å². The van der Waals surface area contributed by atoms with Gasteiger partial charge in [0.25, 0.3) is 0 Å². The molecule has 2 aliphatic heterocycles. The first-order chi connectivity index (χ1) is 14.7. The quantitative estimate of drug-likeness (QED) is 0.731. The van der Waals surface area contributed by atoms with Gasteiger partial charge in [0, 0.05) is 26.1 Å². The number of halogens is 3. The summed E-state index contributed by atoms with van der Waals surface area (Å²) >= 11 is 0. The van der Waals surface area contributed by atoms with E-state index in [9.17, 15) is 27.9 Å². The van der Waals surface area contributed by atoms with E-state index in [0.29, 0.717) is 12.1 Å². The lowest BCUT2D eigenvalue weighted by Gasteiger charge is -2.31. The van der Waals surface area contributed by atoms with Gasteiger partial charge in [-0.05, 0) is 56.9 Å². The van der Waals surface area contributed by atoms with Gasteiger partial charge in [-0.3, -0.25) is 4.79 Å². The molecule has 1 aromatic rings. The topological polar surface area (TPSA) is 64.1 Å². The van der Waals surface area contributed by atoms with E-state index in [0.717, 1.165) is 38.2 Å². The van der Waals surface area contributed by atoms with E-state index in [2.05, 4.69) is 4.90 Å². The fourth-order valence-electron chi connectivity index (χ4n) is 4.47. The van der Waals surface area contributed by atoms with Crippen LogP contribution in [0.3, 0.4) is 0 Å².